The van der Waals surface area contributed by atoms with Gasteiger partial charge < -0.3 is 14.7 Å². The van der Waals surface area contributed by atoms with E-state index in [1.807, 2.05) is 0 Å². The first-order valence-electron chi connectivity index (χ1n) is 6.86. The standard InChI is InChI=1S/C15H20FNO2/c1-10-8-15(5-6-17(10)2)9-13(18)12-7-11(16)3-4-14(12)19-15/h3-4,7,10,13,18H,5-6,8-9H2,1-2H3/t10?,13-,15?/m0/s1. The van der Waals surface area contributed by atoms with Gasteiger partial charge in [-0.3, -0.25) is 0 Å². The van der Waals surface area contributed by atoms with E-state index in [4.69, 9.17) is 4.74 Å². The van der Waals surface area contributed by atoms with Crippen molar-refractivity contribution in [1.82, 2.24) is 4.90 Å². The van der Waals surface area contributed by atoms with Crippen LogP contribution in [0.2, 0.25) is 0 Å². The Labute approximate surface area is 113 Å². The monoisotopic (exact) mass is 265 g/mol. The average Bonchev–Trinajstić information content (AvgIpc) is 2.36. The van der Waals surface area contributed by atoms with Gasteiger partial charge in [-0.05, 0) is 38.6 Å². The van der Waals surface area contributed by atoms with Crippen LogP contribution >= 0.6 is 0 Å². The molecule has 0 saturated carbocycles. The Morgan fingerprint density at radius 3 is 2.95 bits per heavy atom. The summed E-state index contributed by atoms with van der Waals surface area (Å²) >= 11 is 0. The highest BCUT2D eigenvalue weighted by atomic mass is 19.1. The second-order valence-corrected chi connectivity index (χ2v) is 5.97. The molecule has 1 saturated heterocycles. The molecular formula is C15H20FNO2. The molecule has 0 radical (unpaired) electrons. The summed E-state index contributed by atoms with van der Waals surface area (Å²) in [4.78, 5) is 2.31. The highest BCUT2D eigenvalue weighted by Gasteiger charge is 2.44. The maximum atomic E-state index is 13.2. The van der Waals surface area contributed by atoms with E-state index >= 15 is 0 Å². The van der Waals surface area contributed by atoms with Gasteiger partial charge in [-0.1, -0.05) is 0 Å². The molecule has 2 aliphatic rings. The van der Waals surface area contributed by atoms with Crippen molar-refractivity contribution in [1.29, 1.82) is 0 Å². The number of piperidine rings is 1. The van der Waals surface area contributed by atoms with E-state index in [1.54, 1.807) is 6.07 Å². The van der Waals surface area contributed by atoms with Crippen molar-refractivity contribution in [2.45, 2.75) is 43.9 Å². The van der Waals surface area contributed by atoms with Crippen LogP contribution in [0.25, 0.3) is 0 Å². The Kier molecular flexibility index (Phi) is 3.02. The van der Waals surface area contributed by atoms with Crippen LogP contribution in [0.3, 0.4) is 0 Å². The number of hydrogen-bond donors (Lipinski definition) is 1. The Balaban J connectivity index is 1.90. The molecular weight excluding hydrogens is 245 g/mol. The normalized spacial score (nSPS) is 34.9. The molecule has 1 spiro atoms. The number of aliphatic hydroxyl groups excluding tert-OH is 1. The highest BCUT2D eigenvalue weighted by molar-refractivity contribution is 5.38. The molecule has 1 aromatic rings. The number of likely N-dealkylation sites (tertiary alicyclic amines) is 1. The average molecular weight is 265 g/mol. The van der Waals surface area contributed by atoms with Gasteiger partial charge in [0.05, 0.1) is 6.10 Å². The molecule has 2 unspecified atom stereocenters. The minimum Gasteiger partial charge on any atom is -0.487 e. The molecule has 0 amide bonds. The van der Waals surface area contributed by atoms with Gasteiger partial charge in [0.1, 0.15) is 17.2 Å². The van der Waals surface area contributed by atoms with Crippen LogP contribution in [0.15, 0.2) is 18.2 Å². The first kappa shape index (κ1) is 12.9. The molecule has 4 heteroatoms. The van der Waals surface area contributed by atoms with Crippen molar-refractivity contribution >= 4 is 0 Å². The third-order valence-corrected chi connectivity index (χ3v) is 4.56. The zero-order valence-corrected chi connectivity index (χ0v) is 11.4. The molecule has 3 nitrogen and oxygen atoms in total. The van der Waals surface area contributed by atoms with Gasteiger partial charge in [0, 0.05) is 31.0 Å². The summed E-state index contributed by atoms with van der Waals surface area (Å²) in [6.07, 6.45) is 1.73. The van der Waals surface area contributed by atoms with Crippen LogP contribution in [0.5, 0.6) is 5.75 Å². The molecule has 1 fully saturated rings. The SMILES string of the molecule is CC1CC2(CCN1C)C[C@H](O)c1cc(F)ccc1O2. The number of benzene rings is 1. The summed E-state index contributed by atoms with van der Waals surface area (Å²) in [6, 6.07) is 4.84. The lowest BCUT2D eigenvalue weighted by molar-refractivity contribution is -0.0647. The number of ether oxygens (including phenoxy) is 1. The van der Waals surface area contributed by atoms with E-state index in [-0.39, 0.29) is 11.4 Å². The molecule has 104 valence electrons. The summed E-state index contributed by atoms with van der Waals surface area (Å²) in [5.74, 6) is 0.311. The van der Waals surface area contributed by atoms with E-state index in [2.05, 4.69) is 18.9 Å². The van der Waals surface area contributed by atoms with Crippen molar-refractivity contribution in [2.24, 2.45) is 0 Å². The molecule has 1 aromatic carbocycles. The highest BCUT2D eigenvalue weighted by Crippen LogP contribution is 2.45. The Morgan fingerprint density at radius 1 is 1.42 bits per heavy atom. The Hall–Kier alpha value is -1.13. The number of hydrogen-bond acceptors (Lipinski definition) is 3. The third-order valence-electron chi connectivity index (χ3n) is 4.56. The van der Waals surface area contributed by atoms with Crippen LogP contribution in [-0.4, -0.2) is 35.2 Å². The molecule has 2 heterocycles. The van der Waals surface area contributed by atoms with Crippen LogP contribution in [-0.2, 0) is 0 Å². The summed E-state index contributed by atoms with van der Waals surface area (Å²) in [5, 5.41) is 10.3. The number of aliphatic hydroxyl groups is 1. The van der Waals surface area contributed by atoms with Crippen molar-refractivity contribution < 1.29 is 14.2 Å². The molecule has 1 N–H and O–H groups in total. The molecule has 0 bridgehead atoms. The van der Waals surface area contributed by atoms with Gasteiger partial charge in [-0.2, -0.15) is 0 Å². The number of fused-ring (bicyclic) bond motifs is 1. The maximum absolute atomic E-state index is 13.2. The maximum Gasteiger partial charge on any atom is 0.126 e. The molecule has 2 aliphatic heterocycles. The van der Waals surface area contributed by atoms with E-state index < -0.39 is 6.10 Å². The number of rotatable bonds is 0. The summed E-state index contributed by atoms with van der Waals surface area (Å²) in [5.41, 5.74) is 0.285. The van der Waals surface area contributed by atoms with Crippen LogP contribution in [0, 0.1) is 5.82 Å². The van der Waals surface area contributed by atoms with Crippen molar-refractivity contribution in [2.75, 3.05) is 13.6 Å². The van der Waals surface area contributed by atoms with Crippen molar-refractivity contribution in [3.8, 4) is 5.75 Å². The summed E-state index contributed by atoms with van der Waals surface area (Å²) in [7, 11) is 2.11. The van der Waals surface area contributed by atoms with Gasteiger partial charge in [0.25, 0.3) is 0 Å². The Morgan fingerprint density at radius 2 is 2.21 bits per heavy atom. The molecule has 3 atom stereocenters. The van der Waals surface area contributed by atoms with E-state index in [0.717, 1.165) is 19.4 Å². The lowest BCUT2D eigenvalue weighted by atomic mass is 9.79. The first-order chi connectivity index (χ1) is 8.99. The van der Waals surface area contributed by atoms with Crippen molar-refractivity contribution in [3.63, 3.8) is 0 Å². The smallest absolute Gasteiger partial charge is 0.126 e. The quantitative estimate of drug-likeness (QED) is 0.782. The first-order valence-corrected chi connectivity index (χ1v) is 6.86. The lowest BCUT2D eigenvalue weighted by Gasteiger charge is -2.47. The number of nitrogens with zero attached hydrogens (tertiary/aromatic N) is 1. The molecule has 0 aliphatic carbocycles. The molecule has 3 rings (SSSR count). The summed E-state index contributed by atoms with van der Waals surface area (Å²) in [6.45, 7) is 3.14. The zero-order valence-electron chi connectivity index (χ0n) is 11.4. The molecule has 19 heavy (non-hydrogen) atoms. The Bertz CT molecular complexity index is 493. The minimum absolute atomic E-state index is 0.295. The molecule has 0 aromatic heterocycles. The van der Waals surface area contributed by atoms with E-state index in [0.29, 0.717) is 23.8 Å². The zero-order chi connectivity index (χ0) is 13.6. The fourth-order valence-electron chi connectivity index (χ4n) is 3.28. The fraction of sp³-hybridized carbons (Fsp3) is 0.600. The minimum atomic E-state index is -0.630. The van der Waals surface area contributed by atoms with Crippen LogP contribution in [0.4, 0.5) is 4.39 Å². The third kappa shape index (κ3) is 2.23. The predicted molar refractivity (Wildman–Crippen MR) is 70.7 cm³/mol. The predicted octanol–water partition coefficient (Wildman–Crippen LogP) is 2.49. The summed E-state index contributed by atoms with van der Waals surface area (Å²) < 4.78 is 19.4. The van der Waals surface area contributed by atoms with Gasteiger partial charge in [-0.25, -0.2) is 4.39 Å². The van der Waals surface area contributed by atoms with Gasteiger partial charge in [-0.15, -0.1) is 0 Å². The van der Waals surface area contributed by atoms with Gasteiger partial charge >= 0.3 is 0 Å². The second-order valence-electron chi connectivity index (χ2n) is 5.97. The van der Waals surface area contributed by atoms with E-state index in [9.17, 15) is 9.50 Å². The lowest BCUT2D eigenvalue weighted by Crippen LogP contribution is -2.52. The van der Waals surface area contributed by atoms with Crippen molar-refractivity contribution in [3.05, 3.63) is 29.6 Å². The number of halogens is 1. The fourth-order valence-corrected chi connectivity index (χ4v) is 3.28. The van der Waals surface area contributed by atoms with Crippen LogP contribution < -0.4 is 4.74 Å². The van der Waals surface area contributed by atoms with Crippen LogP contribution in [0.1, 0.15) is 37.9 Å². The second kappa shape index (κ2) is 4.46. The van der Waals surface area contributed by atoms with Gasteiger partial charge in [0.2, 0.25) is 0 Å². The largest absolute Gasteiger partial charge is 0.487 e. The topological polar surface area (TPSA) is 32.7 Å². The van der Waals surface area contributed by atoms with Gasteiger partial charge in [0.15, 0.2) is 0 Å². The van der Waals surface area contributed by atoms with E-state index in [1.165, 1.54) is 12.1 Å².